The van der Waals surface area contributed by atoms with E-state index in [0.29, 0.717) is 44.1 Å². The maximum atomic E-state index is 13.6. The topological polar surface area (TPSA) is 117 Å². The quantitative estimate of drug-likeness (QED) is 0.763. The smallest absolute Gasteiger partial charge is 0.341 e. The molecule has 2 aliphatic heterocycles. The zero-order valence-electron chi connectivity index (χ0n) is 17.2. The lowest BCUT2D eigenvalue weighted by Crippen LogP contribution is -2.52. The Labute approximate surface area is 182 Å². The highest BCUT2D eigenvalue weighted by Crippen LogP contribution is 2.30. The fourth-order valence-electron chi connectivity index (χ4n) is 3.73. The Balaban J connectivity index is 1.44. The van der Waals surface area contributed by atoms with Gasteiger partial charge in [-0.25, -0.2) is 28.6 Å². The molecule has 0 spiro atoms. The summed E-state index contributed by atoms with van der Waals surface area (Å²) in [5.41, 5.74) is 5.68. The summed E-state index contributed by atoms with van der Waals surface area (Å²) in [7, 11) is 1.39. The molecule has 0 unspecified atom stereocenters. The number of piperazine rings is 1. The first kappa shape index (κ1) is 21.4. The molecule has 2 aromatic rings. The molecule has 1 atom stereocenters. The number of nitrogens with two attached hydrogens (primary N) is 1. The Hall–Kier alpha value is -3.83. The Morgan fingerprint density at radius 3 is 2.44 bits per heavy atom. The number of hydrazone groups is 1. The third kappa shape index (κ3) is 4.15. The van der Waals surface area contributed by atoms with Crippen molar-refractivity contribution < 1.29 is 23.1 Å². The molecule has 10 nitrogen and oxygen atoms in total. The van der Waals surface area contributed by atoms with E-state index in [2.05, 4.69) is 15.1 Å². The van der Waals surface area contributed by atoms with Gasteiger partial charge in [-0.05, 0) is 17.7 Å². The molecule has 3 amide bonds. The molecule has 1 fully saturated rings. The standard InChI is InChI=1S/C20H21F2N7O3/c1-32-16-11-24-19(26-17(16)18(23)30)27-4-6-28(7-5-27)20(31)29-15(2-3-25-29)12-8-13(21)10-14(22)9-12/h3,8-11,15H,2,4-7H2,1H3,(H2,23,30)/t15-/m0/s1. The number of hydrogen-bond donors (Lipinski definition) is 1. The lowest BCUT2D eigenvalue weighted by atomic mass is 10.0. The van der Waals surface area contributed by atoms with Gasteiger partial charge in [0, 0.05) is 44.9 Å². The fourth-order valence-corrected chi connectivity index (χ4v) is 3.73. The van der Waals surface area contributed by atoms with Crippen LogP contribution in [0.2, 0.25) is 0 Å². The third-order valence-electron chi connectivity index (χ3n) is 5.32. The van der Waals surface area contributed by atoms with E-state index >= 15 is 0 Å². The number of primary amides is 1. The number of methoxy groups -OCH3 is 1. The summed E-state index contributed by atoms with van der Waals surface area (Å²) in [4.78, 5) is 36.5. The van der Waals surface area contributed by atoms with Gasteiger partial charge in [-0.15, -0.1) is 0 Å². The average Bonchev–Trinajstić information content (AvgIpc) is 3.27. The van der Waals surface area contributed by atoms with Gasteiger partial charge in [-0.3, -0.25) is 4.79 Å². The lowest BCUT2D eigenvalue weighted by Gasteiger charge is -2.37. The van der Waals surface area contributed by atoms with Crippen LogP contribution in [0.1, 0.15) is 28.5 Å². The largest absolute Gasteiger partial charge is 0.493 e. The molecule has 0 aliphatic carbocycles. The number of halogens is 2. The van der Waals surface area contributed by atoms with Crippen LogP contribution in [0.25, 0.3) is 0 Å². The number of anilines is 1. The molecule has 1 aromatic carbocycles. The van der Waals surface area contributed by atoms with E-state index in [0.717, 1.165) is 6.07 Å². The molecule has 0 saturated carbocycles. The van der Waals surface area contributed by atoms with Crippen molar-refractivity contribution in [3.05, 3.63) is 47.3 Å². The van der Waals surface area contributed by atoms with Gasteiger partial charge in [0.1, 0.15) is 11.6 Å². The number of rotatable bonds is 4. The summed E-state index contributed by atoms with van der Waals surface area (Å²) < 4.78 is 32.3. The summed E-state index contributed by atoms with van der Waals surface area (Å²) in [5, 5.41) is 5.37. The molecule has 168 valence electrons. The van der Waals surface area contributed by atoms with Crippen LogP contribution in [0.3, 0.4) is 0 Å². The predicted octanol–water partition coefficient (Wildman–Crippen LogP) is 1.54. The minimum Gasteiger partial charge on any atom is -0.493 e. The molecule has 12 heteroatoms. The highest BCUT2D eigenvalue weighted by atomic mass is 19.1. The van der Waals surface area contributed by atoms with Crippen molar-refractivity contribution in [2.24, 2.45) is 10.8 Å². The van der Waals surface area contributed by atoms with E-state index in [-0.39, 0.29) is 17.5 Å². The summed E-state index contributed by atoms with van der Waals surface area (Å²) in [6.07, 6.45) is 3.30. The van der Waals surface area contributed by atoms with Gasteiger partial charge in [0.2, 0.25) is 5.95 Å². The molecule has 0 radical (unpaired) electrons. The molecule has 2 N–H and O–H groups in total. The van der Waals surface area contributed by atoms with Crippen molar-refractivity contribution in [3.8, 4) is 5.75 Å². The second kappa shape index (κ2) is 8.73. The van der Waals surface area contributed by atoms with Crippen molar-refractivity contribution in [2.45, 2.75) is 12.5 Å². The molecular weight excluding hydrogens is 424 g/mol. The number of ether oxygens (including phenoxy) is 1. The zero-order chi connectivity index (χ0) is 22.8. The Bertz CT molecular complexity index is 1050. The number of carbonyl (C=O) groups excluding carboxylic acids is 2. The number of carbonyl (C=O) groups is 2. The Kier molecular flexibility index (Phi) is 5.84. The average molecular weight is 445 g/mol. The van der Waals surface area contributed by atoms with Crippen LogP contribution >= 0.6 is 0 Å². The molecule has 1 saturated heterocycles. The minimum absolute atomic E-state index is 0.0208. The molecular formula is C20H21F2N7O3. The highest BCUT2D eigenvalue weighted by molar-refractivity contribution is 5.93. The minimum atomic E-state index is -0.731. The monoisotopic (exact) mass is 445 g/mol. The SMILES string of the molecule is COc1cnc(N2CCN(C(=O)N3N=CC[C@H]3c3cc(F)cc(F)c3)CC2)nc1C(N)=O. The molecule has 0 bridgehead atoms. The van der Waals surface area contributed by atoms with Crippen molar-refractivity contribution in [2.75, 3.05) is 38.2 Å². The Morgan fingerprint density at radius 2 is 1.81 bits per heavy atom. The van der Waals surface area contributed by atoms with E-state index < -0.39 is 23.6 Å². The summed E-state index contributed by atoms with van der Waals surface area (Å²) in [5.74, 6) is -1.66. The van der Waals surface area contributed by atoms with Crippen LogP contribution in [0.5, 0.6) is 5.75 Å². The zero-order valence-corrected chi connectivity index (χ0v) is 17.2. The predicted molar refractivity (Wildman–Crippen MR) is 110 cm³/mol. The number of benzene rings is 1. The van der Waals surface area contributed by atoms with Crippen molar-refractivity contribution in [1.29, 1.82) is 0 Å². The molecule has 1 aromatic heterocycles. The number of hydrogen-bond acceptors (Lipinski definition) is 7. The van der Waals surface area contributed by atoms with E-state index in [4.69, 9.17) is 10.5 Å². The lowest BCUT2D eigenvalue weighted by molar-refractivity contribution is 0.0992. The van der Waals surface area contributed by atoms with Gasteiger partial charge in [-0.1, -0.05) is 0 Å². The van der Waals surface area contributed by atoms with Crippen LogP contribution < -0.4 is 15.4 Å². The number of amides is 3. The van der Waals surface area contributed by atoms with Gasteiger partial charge in [0.25, 0.3) is 5.91 Å². The Morgan fingerprint density at radius 1 is 1.12 bits per heavy atom. The first-order chi connectivity index (χ1) is 15.4. The van der Waals surface area contributed by atoms with Gasteiger partial charge in [0.15, 0.2) is 11.4 Å². The number of nitrogens with zero attached hydrogens (tertiary/aromatic N) is 6. The van der Waals surface area contributed by atoms with E-state index in [1.54, 1.807) is 11.1 Å². The first-order valence-electron chi connectivity index (χ1n) is 9.89. The molecule has 2 aliphatic rings. The summed E-state index contributed by atoms with van der Waals surface area (Å²) in [6, 6.07) is 2.27. The summed E-state index contributed by atoms with van der Waals surface area (Å²) in [6.45, 7) is 1.51. The molecule has 3 heterocycles. The van der Waals surface area contributed by atoms with Gasteiger partial charge >= 0.3 is 6.03 Å². The van der Waals surface area contributed by atoms with Gasteiger partial charge in [-0.2, -0.15) is 5.10 Å². The van der Waals surface area contributed by atoms with Crippen LogP contribution in [-0.4, -0.2) is 71.3 Å². The van der Waals surface area contributed by atoms with Crippen molar-refractivity contribution >= 4 is 24.1 Å². The molecule has 32 heavy (non-hydrogen) atoms. The maximum absolute atomic E-state index is 13.6. The van der Waals surface area contributed by atoms with Gasteiger partial charge < -0.3 is 20.3 Å². The number of urea groups is 1. The van der Waals surface area contributed by atoms with Crippen LogP contribution in [0, 0.1) is 11.6 Å². The fraction of sp³-hybridized carbons (Fsp3) is 0.350. The first-order valence-corrected chi connectivity index (χ1v) is 9.89. The van der Waals surface area contributed by atoms with Crippen LogP contribution in [-0.2, 0) is 0 Å². The summed E-state index contributed by atoms with van der Waals surface area (Å²) >= 11 is 0. The third-order valence-corrected chi connectivity index (χ3v) is 5.32. The highest BCUT2D eigenvalue weighted by Gasteiger charge is 2.34. The van der Waals surface area contributed by atoms with E-state index in [1.165, 1.54) is 30.4 Å². The second-order valence-electron chi connectivity index (χ2n) is 7.30. The van der Waals surface area contributed by atoms with Crippen molar-refractivity contribution in [1.82, 2.24) is 19.9 Å². The van der Waals surface area contributed by atoms with E-state index in [1.807, 2.05) is 4.90 Å². The number of aromatic nitrogens is 2. The molecule has 4 rings (SSSR count). The normalized spacial score (nSPS) is 18.2. The maximum Gasteiger partial charge on any atom is 0.341 e. The van der Waals surface area contributed by atoms with Crippen LogP contribution in [0.15, 0.2) is 29.5 Å². The second-order valence-corrected chi connectivity index (χ2v) is 7.30. The van der Waals surface area contributed by atoms with Crippen molar-refractivity contribution in [3.63, 3.8) is 0 Å². The van der Waals surface area contributed by atoms with Gasteiger partial charge in [0.05, 0.1) is 19.3 Å². The van der Waals surface area contributed by atoms with Crippen LogP contribution in [0.4, 0.5) is 19.5 Å². The van der Waals surface area contributed by atoms with E-state index in [9.17, 15) is 18.4 Å².